The third-order valence-corrected chi connectivity index (χ3v) is 4.89. The maximum absolute atomic E-state index is 12.2. The second-order valence-electron chi connectivity index (χ2n) is 5.43. The Kier molecular flexibility index (Phi) is 8.58. The summed E-state index contributed by atoms with van der Waals surface area (Å²) < 4.78 is 107. The molecule has 0 aliphatic heterocycles. The predicted octanol–water partition coefficient (Wildman–Crippen LogP) is 0.871. The Balaban J connectivity index is 4.44. The molecule has 0 aromatic carbocycles. The second kappa shape index (κ2) is 8.94. The Morgan fingerprint density at radius 3 is 2.00 bits per heavy atom. The van der Waals surface area contributed by atoms with E-state index in [1.54, 1.807) is 14.1 Å². The quantitative estimate of drug-likeness (QED) is 0.126. The van der Waals surface area contributed by atoms with Crippen molar-refractivity contribution < 1.29 is 47.8 Å². The minimum atomic E-state index is -5.30. The summed E-state index contributed by atoms with van der Waals surface area (Å²) in [7, 11) is -6.32. The first-order valence-corrected chi connectivity index (χ1v) is 9.48. The van der Waals surface area contributed by atoms with Crippen molar-refractivity contribution in [1.82, 2.24) is 5.34 Å². The van der Waals surface area contributed by atoms with Gasteiger partial charge in [-0.1, -0.05) is 8.96 Å². The molecule has 0 aromatic rings. The average molecular weight is 402 g/mol. The molecule has 0 aliphatic rings. The molecule has 0 rings (SSSR count). The van der Waals surface area contributed by atoms with E-state index in [2.05, 4.69) is 4.18 Å². The first-order chi connectivity index (χ1) is 10.7. The highest BCUT2D eigenvalue weighted by Gasteiger charge is 2.32. The van der Waals surface area contributed by atoms with Gasteiger partial charge in [-0.2, -0.15) is 17.2 Å². The van der Waals surface area contributed by atoms with Crippen molar-refractivity contribution in [2.75, 3.05) is 39.5 Å². The number of halogens is 4. The molecule has 0 aromatic heterocycles. The molecule has 24 heavy (non-hydrogen) atoms. The number of hydrogen-bond donors (Lipinski definition) is 0. The molecule has 144 valence electrons. The third kappa shape index (κ3) is 9.36. The molecule has 0 unspecified atom stereocenters. The Hall–Kier alpha value is -0.960. The van der Waals surface area contributed by atoms with Crippen LogP contribution in [0.3, 0.4) is 0 Å². The monoisotopic (exact) mass is 402 g/mol. The van der Waals surface area contributed by atoms with E-state index in [-0.39, 0.29) is 30.4 Å². The van der Waals surface area contributed by atoms with Crippen molar-refractivity contribution in [3.63, 3.8) is 0 Å². The van der Waals surface area contributed by atoms with E-state index in [9.17, 15) is 39.1 Å². The van der Waals surface area contributed by atoms with Crippen molar-refractivity contribution in [1.29, 1.82) is 0 Å². The van der Waals surface area contributed by atoms with Crippen LogP contribution in [0, 0.1) is 0 Å². The second-order valence-corrected chi connectivity index (χ2v) is 8.48. The van der Waals surface area contributed by atoms with Gasteiger partial charge in [0.15, 0.2) is 0 Å². The fourth-order valence-electron chi connectivity index (χ4n) is 1.74. The van der Waals surface area contributed by atoms with Gasteiger partial charge in [0.05, 0.1) is 43.9 Å². The van der Waals surface area contributed by atoms with E-state index in [0.29, 0.717) is 0 Å². The molecule has 0 saturated carbocycles. The van der Waals surface area contributed by atoms with Crippen LogP contribution in [0.25, 0.3) is 0 Å². The van der Waals surface area contributed by atoms with Gasteiger partial charge in [-0.25, -0.2) is 8.42 Å². The molecule has 0 heterocycles. The van der Waals surface area contributed by atoms with Gasteiger partial charge >= 0.3 is 16.2 Å². The third-order valence-electron chi connectivity index (χ3n) is 2.86. The van der Waals surface area contributed by atoms with Gasteiger partial charge in [0.2, 0.25) is 0 Å². The van der Waals surface area contributed by atoms with Gasteiger partial charge < -0.3 is 9.04 Å². The van der Waals surface area contributed by atoms with Crippen LogP contribution in [-0.4, -0.2) is 70.8 Å². The van der Waals surface area contributed by atoms with Crippen LogP contribution in [0.2, 0.25) is 0 Å². The van der Waals surface area contributed by atoms with Crippen molar-refractivity contribution in [2.24, 2.45) is 0 Å². The highest BCUT2D eigenvalue weighted by Crippen LogP contribution is 2.22. The molecule has 14 heteroatoms. The van der Waals surface area contributed by atoms with Crippen LogP contribution in [-0.2, 0) is 24.4 Å². The summed E-state index contributed by atoms with van der Waals surface area (Å²) in [5.74, 6) is -0.549. The normalized spacial score (nSPS) is 13.0. The molecule has 0 aliphatic carbocycles. The lowest BCUT2D eigenvalue weighted by atomic mass is 10.3. The van der Waals surface area contributed by atoms with Crippen molar-refractivity contribution in [2.45, 2.75) is 12.8 Å². The van der Waals surface area contributed by atoms with Gasteiger partial charge in [-0.15, -0.1) is 0 Å². The maximum Gasteiger partial charge on any atom is 0.323 e. The first kappa shape index (κ1) is 23.0. The maximum atomic E-state index is 12.2. The zero-order valence-corrected chi connectivity index (χ0v) is 14.5. The number of quaternary nitrogens is 1. The molecule has 0 amide bonds. The van der Waals surface area contributed by atoms with Gasteiger partial charge in [0.25, 0.3) is 5.03 Å². The Morgan fingerprint density at radius 2 is 1.58 bits per heavy atom. The van der Waals surface area contributed by atoms with Gasteiger partial charge in [0.1, 0.15) is 0 Å². The fraction of sp³-hybridized carbons (Fsp3) is 0.800. The molecule has 0 radical (unpaired) electrons. The summed E-state index contributed by atoms with van der Waals surface area (Å²) in [4.78, 5) is 0. The summed E-state index contributed by atoms with van der Waals surface area (Å²) in [6.45, 7) is -0.101. The predicted molar refractivity (Wildman–Crippen MR) is 73.8 cm³/mol. The topological polar surface area (TPSA) is 104 Å². The van der Waals surface area contributed by atoms with E-state index in [1.165, 1.54) is 0 Å². The van der Waals surface area contributed by atoms with Crippen molar-refractivity contribution in [3.8, 4) is 0 Å². The molecule has 0 saturated heterocycles. The molecule has 0 bridgehead atoms. The standard InChI is InChI=1S/C10H18F4N2O6S2/c1-16(2,6-4-8-23(17,18)19)5-3-7-22-24(20,21)10(9(11)12)15(13)14/h3-8H2,1-2H3. The minimum absolute atomic E-state index is 0.0100. The number of nitrogens with zero attached hydrogens (tertiary/aromatic N) is 2. The molecule has 0 atom stereocenters. The van der Waals surface area contributed by atoms with Crippen LogP contribution in [0.1, 0.15) is 12.8 Å². The zero-order valence-electron chi connectivity index (χ0n) is 12.9. The van der Waals surface area contributed by atoms with E-state index < -0.39 is 49.0 Å². The Labute approximate surface area is 137 Å². The van der Waals surface area contributed by atoms with Crippen molar-refractivity contribution >= 4 is 20.2 Å². The highest BCUT2D eigenvalue weighted by molar-refractivity contribution is 7.90. The van der Waals surface area contributed by atoms with E-state index >= 15 is 0 Å². The van der Waals surface area contributed by atoms with Crippen LogP contribution in [0.5, 0.6) is 0 Å². The Morgan fingerprint density at radius 1 is 1.08 bits per heavy atom. The van der Waals surface area contributed by atoms with E-state index in [1.807, 2.05) is 0 Å². The van der Waals surface area contributed by atoms with Crippen LogP contribution in [0.15, 0.2) is 11.1 Å². The highest BCUT2D eigenvalue weighted by atomic mass is 32.2. The van der Waals surface area contributed by atoms with Crippen LogP contribution in [0.4, 0.5) is 17.7 Å². The molecular formula is C10H18F4N2O6S2. The lowest BCUT2D eigenvalue weighted by molar-refractivity contribution is -0.890. The average Bonchev–Trinajstić information content (AvgIpc) is 2.31. The molecular weight excluding hydrogens is 384 g/mol. The lowest BCUT2D eigenvalue weighted by Gasteiger charge is -2.30. The molecule has 8 nitrogen and oxygen atoms in total. The van der Waals surface area contributed by atoms with E-state index in [0.717, 1.165) is 0 Å². The molecule has 0 spiro atoms. The number of rotatable bonds is 11. The van der Waals surface area contributed by atoms with E-state index in [4.69, 9.17) is 0 Å². The first-order valence-electron chi connectivity index (χ1n) is 6.50. The Bertz CT molecular complexity index is 644. The van der Waals surface area contributed by atoms with Gasteiger partial charge in [-0.3, -0.25) is 4.18 Å². The van der Waals surface area contributed by atoms with Crippen LogP contribution < -0.4 is 0 Å². The lowest BCUT2D eigenvalue weighted by Crippen LogP contribution is -2.42. The minimum Gasteiger partial charge on any atom is -0.748 e. The summed E-state index contributed by atoms with van der Waals surface area (Å²) in [5.41, 5.74) is 0. The smallest absolute Gasteiger partial charge is 0.323 e. The summed E-state index contributed by atoms with van der Waals surface area (Å²) in [5, 5.41) is -4.76. The summed E-state index contributed by atoms with van der Waals surface area (Å²) in [6.07, 6.45) is -3.01. The SMILES string of the molecule is C[N+](C)(CCCOS(=O)(=O)C(=C(F)F)N(F)F)CCCS(=O)(=O)[O-]. The van der Waals surface area contributed by atoms with Crippen molar-refractivity contribution in [3.05, 3.63) is 11.1 Å². The number of hydrogen-bond acceptors (Lipinski definition) is 7. The summed E-state index contributed by atoms with van der Waals surface area (Å²) in [6, 6.07) is 0. The zero-order chi connectivity index (χ0) is 19.2. The largest absolute Gasteiger partial charge is 0.748 e. The fourth-order valence-corrected chi connectivity index (χ4v) is 3.03. The summed E-state index contributed by atoms with van der Waals surface area (Å²) >= 11 is 0. The van der Waals surface area contributed by atoms with Gasteiger partial charge in [-0.05, 0) is 5.34 Å². The molecule has 0 N–H and O–H groups in total. The molecule has 0 fully saturated rings. The van der Waals surface area contributed by atoms with Crippen LogP contribution >= 0.6 is 0 Å². The van der Waals surface area contributed by atoms with Gasteiger partial charge in [0, 0.05) is 18.6 Å².